The van der Waals surface area contributed by atoms with Crippen molar-refractivity contribution in [3.63, 3.8) is 0 Å². The first-order valence-corrected chi connectivity index (χ1v) is 11.4. The fourth-order valence-corrected chi connectivity index (χ4v) is 3.97. The molecule has 0 unspecified atom stereocenters. The molecule has 0 aliphatic carbocycles. The number of hydrogen-bond acceptors (Lipinski definition) is 6. The van der Waals surface area contributed by atoms with Gasteiger partial charge < -0.3 is 15.5 Å². The number of pyridine rings is 1. The summed E-state index contributed by atoms with van der Waals surface area (Å²) in [4.78, 5) is 28.1. The number of likely N-dealkylation sites (tertiary alicyclic amines) is 1. The second-order valence-electron chi connectivity index (χ2n) is 8.27. The normalized spacial score (nSPS) is 13.8. The van der Waals surface area contributed by atoms with Gasteiger partial charge in [-0.15, -0.1) is 12.4 Å². The lowest BCUT2D eigenvalue weighted by atomic mass is 9.95. The van der Waals surface area contributed by atoms with Gasteiger partial charge in [0.2, 0.25) is 5.91 Å². The summed E-state index contributed by atoms with van der Waals surface area (Å²) in [6.45, 7) is 5.73. The third-order valence-corrected chi connectivity index (χ3v) is 5.93. The number of carbonyl (C=O) groups is 1. The van der Waals surface area contributed by atoms with Crippen LogP contribution in [-0.4, -0.2) is 45.4 Å². The van der Waals surface area contributed by atoms with Crippen LogP contribution in [0.2, 0.25) is 0 Å². The van der Waals surface area contributed by atoms with Crippen LogP contribution in [0.15, 0.2) is 48.7 Å². The molecule has 0 saturated carbocycles. The first-order valence-electron chi connectivity index (χ1n) is 11.4. The van der Waals surface area contributed by atoms with Crippen molar-refractivity contribution in [1.29, 1.82) is 0 Å². The molecule has 3 aromatic rings. The Morgan fingerprint density at radius 2 is 1.88 bits per heavy atom. The number of nitrogens with zero attached hydrogens (tertiary/aromatic N) is 4. The number of amides is 1. The maximum atomic E-state index is 13.1. The second kappa shape index (κ2) is 11.7. The van der Waals surface area contributed by atoms with Crippen molar-refractivity contribution in [3.8, 4) is 0 Å². The largest absolute Gasteiger partial charge is 0.376 e. The van der Waals surface area contributed by atoms with Crippen LogP contribution in [0.1, 0.15) is 42.8 Å². The van der Waals surface area contributed by atoms with E-state index in [9.17, 15) is 9.18 Å². The van der Waals surface area contributed by atoms with Gasteiger partial charge in [-0.05, 0) is 49.9 Å². The first kappa shape index (κ1) is 25.4. The number of carbonyl (C=O) groups excluding carboxylic acids is 1. The van der Waals surface area contributed by atoms with Crippen LogP contribution in [0.4, 0.5) is 21.7 Å². The Balaban J connectivity index is 0.00000324. The van der Waals surface area contributed by atoms with Crippen molar-refractivity contribution >= 4 is 35.6 Å². The number of aryl methyl sites for hydroxylation is 2. The highest BCUT2D eigenvalue weighted by atomic mass is 35.5. The van der Waals surface area contributed by atoms with E-state index in [1.165, 1.54) is 12.3 Å². The molecular weight excluding hydrogens is 455 g/mol. The van der Waals surface area contributed by atoms with Gasteiger partial charge in [0.1, 0.15) is 23.3 Å². The number of halogens is 2. The summed E-state index contributed by atoms with van der Waals surface area (Å²) in [5.41, 5.74) is 3.05. The lowest BCUT2D eigenvalue weighted by Gasteiger charge is -2.31. The molecule has 1 aromatic carbocycles. The van der Waals surface area contributed by atoms with Crippen molar-refractivity contribution in [2.75, 3.05) is 30.3 Å². The van der Waals surface area contributed by atoms with Crippen LogP contribution in [0.25, 0.3) is 0 Å². The maximum absolute atomic E-state index is 13.1. The van der Waals surface area contributed by atoms with Gasteiger partial charge in [-0.3, -0.25) is 4.79 Å². The maximum Gasteiger partial charge on any atom is 0.241 e. The standard InChI is InChI=1S/C25H29FN6O.ClH/c1-3-20-14-23(30-22-9-8-19(26)15-28-22)31-25(29-20)18-10-12-32(13-11-18)24(33)16-27-21-7-5-4-6-17(21)2;/h4-9,14-15,18,27H,3,10-13,16H2,1-2H3,(H,28,29,30,31);1H. The van der Waals surface area contributed by atoms with E-state index in [1.807, 2.05) is 42.2 Å². The number of benzene rings is 1. The number of aromatic nitrogens is 3. The molecule has 1 saturated heterocycles. The minimum absolute atomic E-state index is 0. The zero-order valence-corrected chi connectivity index (χ0v) is 20.2. The molecule has 1 amide bonds. The molecule has 1 aliphatic rings. The predicted octanol–water partition coefficient (Wildman–Crippen LogP) is 4.87. The highest BCUT2D eigenvalue weighted by molar-refractivity contribution is 5.85. The molecule has 2 N–H and O–H groups in total. The number of piperidine rings is 1. The topological polar surface area (TPSA) is 83.0 Å². The third kappa shape index (κ3) is 6.41. The van der Waals surface area contributed by atoms with Gasteiger partial charge >= 0.3 is 0 Å². The van der Waals surface area contributed by atoms with Crippen LogP contribution in [-0.2, 0) is 11.2 Å². The molecule has 180 valence electrons. The molecule has 7 nitrogen and oxygen atoms in total. The summed E-state index contributed by atoms with van der Waals surface area (Å²) in [6.07, 6.45) is 3.59. The van der Waals surface area contributed by atoms with Gasteiger partial charge in [0, 0.05) is 36.5 Å². The molecule has 1 fully saturated rings. The van der Waals surface area contributed by atoms with Crippen LogP contribution < -0.4 is 10.6 Å². The summed E-state index contributed by atoms with van der Waals surface area (Å²) in [5, 5.41) is 6.40. The number of rotatable bonds is 7. The van der Waals surface area contributed by atoms with Crippen molar-refractivity contribution < 1.29 is 9.18 Å². The van der Waals surface area contributed by atoms with E-state index in [0.29, 0.717) is 24.7 Å². The minimum atomic E-state index is -0.381. The summed E-state index contributed by atoms with van der Waals surface area (Å²) >= 11 is 0. The van der Waals surface area contributed by atoms with Crippen LogP contribution in [0.5, 0.6) is 0 Å². The van der Waals surface area contributed by atoms with Gasteiger partial charge in [0.05, 0.1) is 12.7 Å². The average Bonchev–Trinajstić information content (AvgIpc) is 2.84. The highest BCUT2D eigenvalue weighted by Gasteiger charge is 2.26. The van der Waals surface area contributed by atoms with E-state index in [2.05, 4.69) is 22.5 Å². The molecule has 4 rings (SSSR count). The molecule has 1 aliphatic heterocycles. The summed E-state index contributed by atoms with van der Waals surface area (Å²) < 4.78 is 13.1. The van der Waals surface area contributed by atoms with E-state index in [4.69, 9.17) is 9.97 Å². The smallest absolute Gasteiger partial charge is 0.241 e. The van der Waals surface area contributed by atoms with E-state index >= 15 is 0 Å². The fraction of sp³-hybridized carbons (Fsp3) is 0.360. The van der Waals surface area contributed by atoms with Crippen LogP contribution >= 0.6 is 12.4 Å². The van der Waals surface area contributed by atoms with Gasteiger partial charge in [0.15, 0.2) is 0 Å². The molecular formula is C25H30ClFN6O. The quantitative estimate of drug-likeness (QED) is 0.498. The number of hydrogen-bond donors (Lipinski definition) is 2. The molecule has 0 spiro atoms. The molecule has 3 heterocycles. The van der Waals surface area contributed by atoms with Gasteiger partial charge in [0.25, 0.3) is 0 Å². The lowest BCUT2D eigenvalue weighted by Crippen LogP contribution is -2.41. The monoisotopic (exact) mass is 484 g/mol. The molecule has 9 heteroatoms. The lowest BCUT2D eigenvalue weighted by molar-refractivity contribution is -0.130. The van der Waals surface area contributed by atoms with Gasteiger partial charge in [-0.2, -0.15) is 0 Å². The van der Waals surface area contributed by atoms with Gasteiger partial charge in [-0.25, -0.2) is 19.3 Å². The molecule has 0 bridgehead atoms. The van der Waals surface area contributed by atoms with Crippen molar-refractivity contribution in [3.05, 3.63) is 71.6 Å². The Kier molecular flexibility index (Phi) is 8.76. The summed E-state index contributed by atoms with van der Waals surface area (Å²) in [7, 11) is 0. The van der Waals surface area contributed by atoms with Crippen molar-refractivity contribution in [2.24, 2.45) is 0 Å². The number of nitrogens with one attached hydrogen (secondary N) is 2. The Labute approximate surface area is 205 Å². The summed E-state index contributed by atoms with van der Waals surface area (Å²) in [5.74, 6) is 1.87. The van der Waals surface area contributed by atoms with E-state index in [-0.39, 0.29) is 36.6 Å². The Morgan fingerprint density at radius 3 is 2.56 bits per heavy atom. The highest BCUT2D eigenvalue weighted by Crippen LogP contribution is 2.27. The van der Waals surface area contributed by atoms with Crippen molar-refractivity contribution in [2.45, 2.75) is 39.0 Å². The van der Waals surface area contributed by atoms with Crippen LogP contribution in [0, 0.1) is 12.7 Å². The Bertz CT molecular complexity index is 1100. The zero-order chi connectivity index (χ0) is 23.2. The first-order chi connectivity index (χ1) is 16.0. The SMILES string of the molecule is CCc1cc(Nc2ccc(F)cn2)nc(C2CCN(C(=O)CNc3ccccc3C)CC2)n1.Cl. The molecule has 34 heavy (non-hydrogen) atoms. The molecule has 0 atom stereocenters. The molecule has 0 radical (unpaired) electrons. The van der Waals surface area contributed by atoms with E-state index in [1.54, 1.807) is 6.07 Å². The summed E-state index contributed by atoms with van der Waals surface area (Å²) in [6, 6.07) is 12.8. The van der Waals surface area contributed by atoms with E-state index in [0.717, 1.165) is 42.0 Å². The van der Waals surface area contributed by atoms with E-state index < -0.39 is 0 Å². The molecule has 2 aromatic heterocycles. The second-order valence-corrected chi connectivity index (χ2v) is 8.27. The van der Waals surface area contributed by atoms with Crippen molar-refractivity contribution in [1.82, 2.24) is 19.9 Å². The Hall–Kier alpha value is -3.26. The zero-order valence-electron chi connectivity index (χ0n) is 19.4. The minimum Gasteiger partial charge on any atom is -0.376 e. The predicted molar refractivity (Wildman–Crippen MR) is 134 cm³/mol. The van der Waals surface area contributed by atoms with Crippen LogP contribution in [0.3, 0.4) is 0 Å². The fourth-order valence-electron chi connectivity index (χ4n) is 3.97. The Morgan fingerprint density at radius 1 is 1.12 bits per heavy atom. The number of anilines is 3. The number of para-hydroxylation sites is 1. The van der Waals surface area contributed by atoms with Gasteiger partial charge in [-0.1, -0.05) is 25.1 Å². The average molecular weight is 485 g/mol. The third-order valence-electron chi connectivity index (χ3n) is 5.93.